The van der Waals surface area contributed by atoms with E-state index >= 15 is 0 Å². The van der Waals surface area contributed by atoms with Crippen LogP contribution in [0.2, 0.25) is 0 Å². The number of ketones is 1. The molecule has 4 heterocycles. The van der Waals surface area contributed by atoms with Crippen molar-refractivity contribution in [3.05, 3.63) is 63.2 Å². The second-order valence-corrected chi connectivity index (χ2v) is 8.86. The molecule has 3 aromatic rings. The first kappa shape index (κ1) is 20.3. The SMILES string of the molecule is Cc1nc2c(C)cccn2c1C([O-])=C1C(=O)C(=O)N(CC[NH+](C)C)C1c1cccs1. The first-order valence-electron chi connectivity index (χ1n) is 9.84. The van der Waals surface area contributed by atoms with E-state index in [2.05, 4.69) is 4.98 Å². The van der Waals surface area contributed by atoms with Crippen LogP contribution in [0.25, 0.3) is 11.4 Å². The van der Waals surface area contributed by atoms with E-state index in [1.54, 1.807) is 17.5 Å². The lowest BCUT2D eigenvalue weighted by Crippen LogP contribution is -3.06. The van der Waals surface area contributed by atoms with Crippen LogP contribution >= 0.6 is 11.3 Å². The van der Waals surface area contributed by atoms with Crippen molar-refractivity contribution in [3.63, 3.8) is 0 Å². The number of hydrogen-bond donors (Lipinski definition) is 1. The van der Waals surface area contributed by atoms with Gasteiger partial charge in [-0.1, -0.05) is 17.9 Å². The van der Waals surface area contributed by atoms with E-state index in [-0.39, 0.29) is 5.57 Å². The summed E-state index contributed by atoms with van der Waals surface area (Å²) in [6.07, 6.45) is 1.77. The zero-order valence-electron chi connectivity index (χ0n) is 17.4. The number of likely N-dealkylation sites (tertiary alicyclic amines) is 1. The summed E-state index contributed by atoms with van der Waals surface area (Å²) in [5.41, 5.74) is 2.51. The Labute approximate surface area is 178 Å². The molecule has 0 bridgehead atoms. The Morgan fingerprint density at radius 3 is 2.67 bits per heavy atom. The molecule has 30 heavy (non-hydrogen) atoms. The number of carbonyl (C=O) groups is 2. The summed E-state index contributed by atoms with van der Waals surface area (Å²) >= 11 is 1.44. The molecule has 0 aliphatic carbocycles. The quantitative estimate of drug-likeness (QED) is 0.365. The summed E-state index contributed by atoms with van der Waals surface area (Å²) in [5.74, 6) is -1.75. The highest BCUT2D eigenvalue weighted by atomic mass is 32.1. The molecule has 3 aromatic heterocycles. The number of aryl methyl sites for hydroxylation is 2. The summed E-state index contributed by atoms with van der Waals surface area (Å²) in [4.78, 5) is 34.0. The number of nitrogens with zero attached hydrogens (tertiary/aromatic N) is 3. The smallest absolute Gasteiger partial charge is 0.295 e. The molecule has 0 radical (unpaired) electrons. The Kier molecular flexibility index (Phi) is 5.21. The van der Waals surface area contributed by atoms with E-state index in [0.717, 1.165) is 15.3 Å². The van der Waals surface area contributed by atoms with Crippen molar-refractivity contribution in [2.75, 3.05) is 27.2 Å². The van der Waals surface area contributed by atoms with Gasteiger partial charge in [-0.3, -0.25) is 9.59 Å². The van der Waals surface area contributed by atoms with E-state index in [1.807, 2.05) is 50.7 Å². The molecular weight excluding hydrogens is 400 g/mol. The highest BCUT2D eigenvalue weighted by Crippen LogP contribution is 2.40. The lowest BCUT2D eigenvalue weighted by molar-refractivity contribution is -0.857. The van der Waals surface area contributed by atoms with Crippen LogP contribution in [-0.4, -0.2) is 53.2 Å². The maximum absolute atomic E-state index is 13.7. The fraction of sp³-hybridized carbons (Fsp3) is 0.318. The predicted molar refractivity (Wildman–Crippen MR) is 113 cm³/mol. The fourth-order valence-electron chi connectivity index (χ4n) is 3.91. The third-order valence-electron chi connectivity index (χ3n) is 5.43. The van der Waals surface area contributed by atoms with Crippen LogP contribution in [0.1, 0.15) is 27.9 Å². The first-order chi connectivity index (χ1) is 14.3. The molecule has 8 heteroatoms. The lowest BCUT2D eigenvalue weighted by atomic mass is 10.0. The van der Waals surface area contributed by atoms with Gasteiger partial charge in [0.15, 0.2) is 0 Å². The van der Waals surface area contributed by atoms with Gasteiger partial charge in [0.2, 0.25) is 5.78 Å². The number of imidazole rings is 1. The van der Waals surface area contributed by atoms with Crippen molar-refractivity contribution in [2.45, 2.75) is 19.9 Å². The number of nitrogens with one attached hydrogen (secondary N) is 1. The molecule has 4 rings (SSSR count). The summed E-state index contributed by atoms with van der Waals surface area (Å²) in [7, 11) is 3.98. The second-order valence-electron chi connectivity index (χ2n) is 7.88. The molecule has 0 aromatic carbocycles. The van der Waals surface area contributed by atoms with Gasteiger partial charge in [-0.15, -0.1) is 11.3 Å². The van der Waals surface area contributed by atoms with Gasteiger partial charge in [-0.05, 0) is 36.9 Å². The number of carbonyl (C=O) groups excluding carboxylic acids is 2. The number of likely N-dealkylation sites (N-methyl/N-ethyl adjacent to an activating group) is 1. The summed E-state index contributed by atoms with van der Waals surface area (Å²) < 4.78 is 1.72. The van der Waals surface area contributed by atoms with Gasteiger partial charge in [-0.25, -0.2) is 4.98 Å². The van der Waals surface area contributed by atoms with E-state index < -0.39 is 23.5 Å². The maximum Gasteiger partial charge on any atom is 0.295 e. The highest BCUT2D eigenvalue weighted by molar-refractivity contribution is 7.10. The zero-order valence-corrected chi connectivity index (χ0v) is 18.2. The molecule has 1 saturated heterocycles. The summed E-state index contributed by atoms with van der Waals surface area (Å²) in [6, 6.07) is 6.85. The number of fused-ring (bicyclic) bond motifs is 1. The topological polar surface area (TPSA) is 82.2 Å². The van der Waals surface area contributed by atoms with Crippen LogP contribution in [-0.2, 0) is 9.59 Å². The minimum absolute atomic E-state index is 0.0163. The number of amides is 1. The van der Waals surface area contributed by atoms with Crippen molar-refractivity contribution in [1.29, 1.82) is 0 Å². The van der Waals surface area contributed by atoms with Crippen molar-refractivity contribution in [1.82, 2.24) is 14.3 Å². The molecule has 1 aliphatic heterocycles. The van der Waals surface area contributed by atoms with Gasteiger partial charge in [0.1, 0.15) is 5.65 Å². The standard InChI is InChI=1S/C22H24N4O3S/c1-13-7-5-9-25-17(14(2)23-21(13)25)19(27)16-18(15-8-6-12-30-15)26(11-10-24(3)4)22(29)20(16)28/h5-9,12,18,27H,10-11H2,1-4H3. The number of thiophene rings is 1. The van der Waals surface area contributed by atoms with Crippen molar-refractivity contribution in [2.24, 2.45) is 0 Å². The van der Waals surface area contributed by atoms with E-state index in [4.69, 9.17) is 0 Å². The molecule has 1 aliphatic rings. The number of aromatic nitrogens is 2. The van der Waals surface area contributed by atoms with Crippen LogP contribution in [0.4, 0.5) is 0 Å². The Morgan fingerprint density at radius 1 is 1.23 bits per heavy atom. The molecule has 1 atom stereocenters. The number of hydrogen-bond acceptors (Lipinski definition) is 5. The van der Waals surface area contributed by atoms with Crippen molar-refractivity contribution >= 4 is 34.4 Å². The minimum atomic E-state index is -0.714. The fourth-order valence-corrected chi connectivity index (χ4v) is 4.75. The minimum Gasteiger partial charge on any atom is -0.871 e. The molecule has 156 valence electrons. The van der Waals surface area contributed by atoms with Crippen molar-refractivity contribution < 1.29 is 19.6 Å². The summed E-state index contributed by atoms with van der Waals surface area (Å²) in [6.45, 7) is 4.76. The number of Topliss-reactive ketones (excluding diaryl/α,β-unsaturated/α-hetero) is 1. The Bertz CT molecular complexity index is 1160. The highest BCUT2D eigenvalue weighted by Gasteiger charge is 2.45. The Balaban J connectivity index is 1.92. The maximum atomic E-state index is 13.7. The molecule has 0 spiro atoms. The number of pyridine rings is 1. The average Bonchev–Trinajstić information content (AvgIpc) is 3.38. The number of rotatable bonds is 5. The first-order valence-corrected chi connectivity index (χ1v) is 10.7. The molecule has 1 fully saturated rings. The van der Waals surface area contributed by atoms with Crippen molar-refractivity contribution in [3.8, 4) is 0 Å². The van der Waals surface area contributed by atoms with E-state index in [0.29, 0.717) is 30.1 Å². The van der Waals surface area contributed by atoms with Crippen LogP contribution in [0.3, 0.4) is 0 Å². The van der Waals surface area contributed by atoms with Gasteiger partial charge in [-0.2, -0.15) is 0 Å². The largest absolute Gasteiger partial charge is 0.871 e. The molecule has 1 unspecified atom stereocenters. The molecule has 1 N–H and O–H groups in total. The summed E-state index contributed by atoms with van der Waals surface area (Å²) in [5, 5.41) is 15.6. The van der Waals surface area contributed by atoms with Crippen LogP contribution in [0.15, 0.2) is 41.4 Å². The Hall–Kier alpha value is -2.97. The monoisotopic (exact) mass is 424 g/mol. The normalized spacial score (nSPS) is 18.8. The molecular formula is C22H24N4O3S. The second kappa shape index (κ2) is 7.70. The average molecular weight is 425 g/mol. The van der Waals surface area contributed by atoms with Gasteiger partial charge in [0.25, 0.3) is 5.91 Å². The van der Waals surface area contributed by atoms with Crippen LogP contribution in [0, 0.1) is 13.8 Å². The third-order valence-corrected chi connectivity index (χ3v) is 6.35. The zero-order chi connectivity index (χ0) is 21.6. The Morgan fingerprint density at radius 2 is 2.00 bits per heavy atom. The lowest BCUT2D eigenvalue weighted by Gasteiger charge is -2.26. The van der Waals surface area contributed by atoms with Gasteiger partial charge < -0.3 is 19.3 Å². The number of quaternary nitrogens is 1. The van der Waals surface area contributed by atoms with E-state index in [9.17, 15) is 14.7 Å². The van der Waals surface area contributed by atoms with Crippen LogP contribution in [0.5, 0.6) is 0 Å². The van der Waals surface area contributed by atoms with Gasteiger partial charge >= 0.3 is 0 Å². The van der Waals surface area contributed by atoms with E-state index in [1.165, 1.54) is 16.2 Å². The van der Waals surface area contributed by atoms with Crippen LogP contribution < -0.4 is 10.0 Å². The van der Waals surface area contributed by atoms with Gasteiger partial charge in [0, 0.05) is 16.6 Å². The molecule has 1 amide bonds. The predicted octanol–water partition coefficient (Wildman–Crippen LogP) is 0.381. The molecule has 7 nitrogen and oxygen atoms in total. The third kappa shape index (κ3) is 3.22. The van der Waals surface area contributed by atoms with Gasteiger partial charge in [0.05, 0.1) is 44.6 Å². The molecule has 0 saturated carbocycles.